The Kier molecular flexibility index (Phi) is 2.71. The summed E-state index contributed by atoms with van der Waals surface area (Å²) in [7, 11) is 0. The molecule has 0 fully saturated rings. The fraction of sp³-hybridized carbons (Fsp3) is 0.667. The maximum atomic E-state index is 6.88. The molecule has 0 saturated carbocycles. The van der Waals surface area contributed by atoms with E-state index in [4.69, 9.17) is 11.1 Å². The van der Waals surface area contributed by atoms with Crippen molar-refractivity contribution in [3.8, 4) is 0 Å². The summed E-state index contributed by atoms with van der Waals surface area (Å²) in [6.07, 6.45) is 0. The van der Waals surface area contributed by atoms with Crippen molar-refractivity contribution in [2.45, 2.75) is 13.0 Å². The summed E-state index contributed by atoms with van der Waals surface area (Å²) in [6, 6.07) is -0.387. The van der Waals surface area contributed by atoms with Crippen LogP contribution in [-0.4, -0.2) is 11.9 Å². The number of rotatable bonds is 1. The molecule has 8 heavy (non-hydrogen) atoms. The molecule has 0 amide bonds. The zero-order valence-electron chi connectivity index (χ0n) is 4.63. The molecule has 0 aromatic carbocycles. The van der Waals surface area contributed by atoms with Crippen LogP contribution in [0.25, 0.3) is 0 Å². The van der Waals surface area contributed by atoms with Crippen molar-refractivity contribution in [3.63, 3.8) is 0 Å². The van der Waals surface area contributed by atoms with E-state index in [-0.39, 0.29) is 11.9 Å². The molecule has 46 valence electrons. The fourth-order valence-electron chi connectivity index (χ4n) is 0.153. The van der Waals surface area contributed by atoms with Gasteiger partial charge in [-0.15, -0.1) is 5.11 Å². The lowest BCUT2D eigenvalue weighted by Gasteiger charge is -1.96. The molecule has 0 aromatic rings. The van der Waals surface area contributed by atoms with Crippen molar-refractivity contribution in [3.05, 3.63) is 0 Å². The SMILES string of the molecule is CC(N)C(=N)N=NN. The number of hydrogen-bond acceptors (Lipinski definition) is 3. The van der Waals surface area contributed by atoms with Crippen LogP contribution in [-0.2, 0) is 0 Å². The third-order valence-electron chi connectivity index (χ3n) is 0.597. The highest BCUT2D eigenvalue weighted by atomic mass is 15.3. The first-order chi connectivity index (χ1) is 3.68. The van der Waals surface area contributed by atoms with E-state index in [1.165, 1.54) is 0 Å². The molecular weight excluding hydrogens is 106 g/mol. The molecule has 1 unspecified atom stereocenters. The minimum absolute atomic E-state index is 0.00694. The van der Waals surface area contributed by atoms with Crippen molar-refractivity contribution in [2.75, 3.05) is 0 Å². The molecular formula is C3H9N5. The van der Waals surface area contributed by atoms with Gasteiger partial charge in [0.2, 0.25) is 0 Å². The molecule has 0 heterocycles. The van der Waals surface area contributed by atoms with Gasteiger partial charge in [0.15, 0.2) is 5.84 Å². The van der Waals surface area contributed by atoms with Crippen molar-refractivity contribution in [1.82, 2.24) is 0 Å². The summed E-state index contributed by atoms with van der Waals surface area (Å²) < 4.78 is 0. The monoisotopic (exact) mass is 115 g/mol. The molecule has 0 radical (unpaired) electrons. The largest absolute Gasteiger partial charge is 0.322 e. The number of nitrogens with zero attached hydrogens (tertiary/aromatic N) is 2. The van der Waals surface area contributed by atoms with E-state index in [0.717, 1.165) is 0 Å². The first-order valence-corrected chi connectivity index (χ1v) is 2.13. The number of nitrogens with two attached hydrogens (primary N) is 2. The van der Waals surface area contributed by atoms with Gasteiger partial charge in [-0.1, -0.05) is 5.22 Å². The Morgan fingerprint density at radius 1 is 1.75 bits per heavy atom. The topological polar surface area (TPSA) is 101 Å². The van der Waals surface area contributed by atoms with Gasteiger partial charge in [-0.05, 0) is 6.92 Å². The standard InChI is InChI=1S/C3H9N5/c1-2(4)3(5)7-8-6/h2H,4H2,1H3,(H3,5,6,7). The van der Waals surface area contributed by atoms with Crippen LogP contribution in [0.5, 0.6) is 0 Å². The van der Waals surface area contributed by atoms with Crippen LogP contribution < -0.4 is 11.6 Å². The van der Waals surface area contributed by atoms with Gasteiger partial charge in [0.05, 0.1) is 6.04 Å². The third kappa shape index (κ3) is 2.25. The highest BCUT2D eigenvalue weighted by Crippen LogP contribution is 1.80. The Bertz CT molecular complexity index is 104. The molecule has 0 aliphatic carbocycles. The molecule has 0 aromatic heterocycles. The summed E-state index contributed by atoms with van der Waals surface area (Å²) in [6.45, 7) is 1.64. The second kappa shape index (κ2) is 3.09. The Morgan fingerprint density at radius 2 is 2.25 bits per heavy atom. The number of nitrogens with one attached hydrogen (secondary N) is 1. The van der Waals surface area contributed by atoms with Crippen LogP contribution >= 0.6 is 0 Å². The van der Waals surface area contributed by atoms with Crippen molar-refractivity contribution in [2.24, 2.45) is 21.9 Å². The molecule has 5 N–H and O–H groups in total. The minimum Gasteiger partial charge on any atom is -0.322 e. The molecule has 0 aliphatic rings. The summed E-state index contributed by atoms with van der Waals surface area (Å²) >= 11 is 0. The van der Waals surface area contributed by atoms with Gasteiger partial charge in [0, 0.05) is 0 Å². The normalized spacial score (nSPS) is 14.2. The summed E-state index contributed by atoms with van der Waals surface area (Å²) in [5.41, 5.74) is 5.19. The van der Waals surface area contributed by atoms with E-state index in [0.29, 0.717) is 0 Å². The summed E-state index contributed by atoms with van der Waals surface area (Å²) in [5, 5.41) is 12.9. The second-order valence-corrected chi connectivity index (χ2v) is 1.39. The fourth-order valence-corrected chi connectivity index (χ4v) is 0.153. The van der Waals surface area contributed by atoms with Crippen molar-refractivity contribution < 1.29 is 0 Å². The van der Waals surface area contributed by atoms with Crippen LogP contribution in [0.1, 0.15) is 6.92 Å². The van der Waals surface area contributed by atoms with Gasteiger partial charge in [-0.2, -0.15) is 0 Å². The lowest BCUT2D eigenvalue weighted by Crippen LogP contribution is -2.23. The highest BCUT2D eigenvalue weighted by Gasteiger charge is 1.97. The quantitative estimate of drug-likeness (QED) is 0.143. The molecule has 0 spiro atoms. The molecule has 0 rings (SSSR count). The van der Waals surface area contributed by atoms with Crippen molar-refractivity contribution >= 4 is 5.84 Å². The van der Waals surface area contributed by atoms with Crippen LogP contribution in [0, 0.1) is 5.41 Å². The molecule has 0 saturated heterocycles. The Labute approximate surface area is 47.3 Å². The van der Waals surface area contributed by atoms with E-state index in [1.807, 2.05) is 0 Å². The van der Waals surface area contributed by atoms with Crippen LogP contribution in [0.15, 0.2) is 10.3 Å². The molecule has 5 heteroatoms. The zero-order chi connectivity index (χ0) is 6.57. The van der Waals surface area contributed by atoms with Gasteiger partial charge in [-0.3, -0.25) is 5.41 Å². The molecule has 0 aliphatic heterocycles. The van der Waals surface area contributed by atoms with E-state index in [2.05, 4.69) is 16.2 Å². The average molecular weight is 115 g/mol. The van der Waals surface area contributed by atoms with Gasteiger partial charge >= 0.3 is 0 Å². The second-order valence-electron chi connectivity index (χ2n) is 1.39. The smallest absolute Gasteiger partial charge is 0.161 e. The van der Waals surface area contributed by atoms with Crippen LogP contribution in [0.3, 0.4) is 0 Å². The first-order valence-electron chi connectivity index (χ1n) is 2.13. The zero-order valence-corrected chi connectivity index (χ0v) is 4.63. The Morgan fingerprint density at radius 3 is 2.38 bits per heavy atom. The molecule has 5 nitrogen and oxygen atoms in total. The van der Waals surface area contributed by atoms with E-state index < -0.39 is 0 Å². The maximum Gasteiger partial charge on any atom is 0.161 e. The Balaban J connectivity index is 3.66. The minimum atomic E-state index is -0.387. The predicted molar refractivity (Wildman–Crippen MR) is 30.4 cm³/mol. The number of amidine groups is 1. The maximum absolute atomic E-state index is 6.88. The van der Waals surface area contributed by atoms with Gasteiger partial charge in [0.1, 0.15) is 0 Å². The predicted octanol–water partition coefficient (Wildman–Crippen LogP) is -0.363. The van der Waals surface area contributed by atoms with E-state index in [9.17, 15) is 0 Å². The molecule has 1 atom stereocenters. The Hall–Kier alpha value is -0.970. The number of hydrogen-bond donors (Lipinski definition) is 3. The van der Waals surface area contributed by atoms with Crippen LogP contribution in [0.2, 0.25) is 0 Å². The van der Waals surface area contributed by atoms with Crippen LogP contribution in [0.4, 0.5) is 0 Å². The summed E-state index contributed by atoms with van der Waals surface area (Å²) in [4.78, 5) is 0. The average Bonchev–Trinajstić information content (AvgIpc) is 1.67. The highest BCUT2D eigenvalue weighted by molar-refractivity contribution is 5.84. The van der Waals surface area contributed by atoms with Gasteiger partial charge < -0.3 is 11.6 Å². The first kappa shape index (κ1) is 7.03. The van der Waals surface area contributed by atoms with Gasteiger partial charge in [0.25, 0.3) is 0 Å². The van der Waals surface area contributed by atoms with E-state index in [1.54, 1.807) is 6.92 Å². The molecule has 0 bridgehead atoms. The summed E-state index contributed by atoms with van der Waals surface area (Å²) in [5.74, 6) is 4.62. The lowest BCUT2D eigenvalue weighted by atomic mass is 10.3. The third-order valence-corrected chi connectivity index (χ3v) is 0.597. The van der Waals surface area contributed by atoms with Crippen molar-refractivity contribution in [1.29, 1.82) is 5.41 Å². The lowest BCUT2D eigenvalue weighted by molar-refractivity contribution is 0.922. The van der Waals surface area contributed by atoms with Gasteiger partial charge in [-0.25, -0.2) is 0 Å². The van der Waals surface area contributed by atoms with E-state index >= 15 is 0 Å².